The maximum absolute atomic E-state index is 12.5. The monoisotopic (exact) mass is 344 g/mol. The Morgan fingerprint density at radius 2 is 2.12 bits per heavy atom. The van der Waals surface area contributed by atoms with E-state index >= 15 is 0 Å². The van der Waals surface area contributed by atoms with Crippen LogP contribution in [0.15, 0.2) is 34.9 Å². The molecule has 0 fully saturated rings. The third-order valence-electron chi connectivity index (χ3n) is 3.89. The summed E-state index contributed by atoms with van der Waals surface area (Å²) in [5, 5.41) is 14.3. The number of hydrogen-bond acceptors (Lipinski definition) is 4. The SMILES string of the molecule is Cc1n[nH]c(C)c1C(C)C(=O)Nc1cc(-c2cccc(Cl)c2)no1. The van der Waals surface area contributed by atoms with E-state index in [-0.39, 0.29) is 11.8 Å². The number of anilines is 1. The van der Waals surface area contributed by atoms with Crippen molar-refractivity contribution in [3.05, 3.63) is 52.3 Å². The second-order valence-electron chi connectivity index (χ2n) is 5.65. The summed E-state index contributed by atoms with van der Waals surface area (Å²) in [6.07, 6.45) is 0. The summed E-state index contributed by atoms with van der Waals surface area (Å²) in [5.41, 5.74) is 4.01. The topological polar surface area (TPSA) is 83.8 Å². The van der Waals surface area contributed by atoms with Gasteiger partial charge in [-0.2, -0.15) is 5.10 Å². The molecule has 0 saturated carbocycles. The summed E-state index contributed by atoms with van der Waals surface area (Å²) < 4.78 is 5.21. The highest BCUT2D eigenvalue weighted by Gasteiger charge is 2.22. The Morgan fingerprint density at radius 1 is 1.33 bits per heavy atom. The molecule has 3 rings (SSSR count). The average Bonchev–Trinajstić information content (AvgIpc) is 3.14. The number of carbonyl (C=O) groups excluding carboxylic acids is 1. The molecule has 0 aliphatic heterocycles. The van der Waals surface area contributed by atoms with Crippen molar-refractivity contribution in [3.63, 3.8) is 0 Å². The minimum absolute atomic E-state index is 0.184. The molecular formula is C17H17ClN4O2. The van der Waals surface area contributed by atoms with E-state index in [1.54, 1.807) is 18.2 Å². The highest BCUT2D eigenvalue weighted by atomic mass is 35.5. The molecule has 0 aliphatic carbocycles. The molecule has 1 aromatic carbocycles. The number of carbonyl (C=O) groups is 1. The second kappa shape index (κ2) is 6.49. The summed E-state index contributed by atoms with van der Waals surface area (Å²) in [4.78, 5) is 12.5. The maximum Gasteiger partial charge on any atom is 0.234 e. The predicted molar refractivity (Wildman–Crippen MR) is 92.1 cm³/mol. The molecule has 1 atom stereocenters. The molecule has 2 aromatic heterocycles. The van der Waals surface area contributed by atoms with Crippen molar-refractivity contribution in [1.29, 1.82) is 0 Å². The Morgan fingerprint density at radius 3 is 2.79 bits per heavy atom. The number of aromatic nitrogens is 3. The van der Waals surface area contributed by atoms with Gasteiger partial charge in [0.05, 0.1) is 11.6 Å². The molecule has 1 amide bonds. The number of benzene rings is 1. The van der Waals surface area contributed by atoms with Gasteiger partial charge in [-0.3, -0.25) is 15.2 Å². The number of aryl methyl sites for hydroxylation is 2. The first-order valence-corrected chi connectivity index (χ1v) is 7.88. The Hall–Kier alpha value is -2.60. The summed E-state index contributed by atoms with van der Waals surface area (Å²) >= 11 is 5.98. The Kier molecular flexibility index (Phi) is 4.40. The van der Waals surface area contributed by atoms with Crippen molar-refractivity contribution in [2.45, 2.75) is 26.7 Å². The van der Waals surface area contributed by atoms with Crippen molar-refractivity contribution in [2.24, 2.45) is 0 Å². The summed E-state index contributed by atoms with van der Waals surface area (Å²) in [5.74, 6) is -0.250. The number of hydrogen-bond donors (Lipinski definition) is 2. The molecule has 0 radical (unpaired) electrons. The first-order valence-electron chi connectivity index (χ1n) is 7.50. The Labute approximate surface area is 144 Å². The lowest BCUT2D eigenvalue weighted by Gasteiger charge is -2.10. The quantitative estimate of drug-likeness (QED) is 0.747. The molecule has 0 saturated heterocycles. The minimum atomic E-state index is -0.358. The van der Waals surface area contributed by atoms with Crippen LogP contribution in [-0.2, 0) is 4.79 Å². The maximum atomic E-state index is 12.5. The lowest BCUT2D eigenvalue weighted by molar-refractivity contribution is -0.117. The number of H-pyrrole nitrogens is 1. The molecule has 2 N–H and O–H groups in total. The molecule has 24 heavy (non-hydrogen) atoms. The van der Waals surface area contributed by atoms with Gasteiger partial charge in [-0.1, -0.05) is 28.9 Å². The van der Waals surface area contributed by atoms with Crippen LogP contribution in [0.4, 0.5) is 5.88 Å². The number of halogens is 1. The Balaban J connectivity index is 1.76. The zero-order chi connectivity index (χ0) is 17.3. The highest BCUT2D eigenvalue weighted by Crippen LogP contribution is 2.26. The predicted octanol–water partition coefficient (Wildman–Crippen LogP) is 4.08. The minimum Gasteiger partial charge on any atom is -0.338 e. The van der Waals surface area contributed by atoms with Crippen LogP contribution in [0.3, 0.4) is 0 Å². The Bertz CT molecular complexity index is 865. The molecular weight excluding hydrogens is 328 g/mol. The van der Waals surface area contributed by atoms with Crippen LogP contribution in [0.25, 0.3) is 11.3 Å². The average molecular weight is 345 g/mol. The van der Waals surface area contributed by atoms with Crippen LogP contribution in [0, 0.1) is 13.8 Å². The van der Waals surface area contributed by atoms with Gasteiger partial charge in [-0.15, -0.1) is 0 Å². The molecule has 2 heterocycles. The molecule has 0 spiro atoms. The molecule has 0 aliphatic rings. The van der Waals surface area contributed by atoms with E-state index in [9.17, 15) is 4.79 Å². The van der Waals surface area contributed by atoms with Gasteiger partial charge < -0.3 is 4.52 Å². The molecule has 3 aromatic rings. The van der Waals surface area contributed by atoms with Gasteiger partial charge in [-0.05, 0) is 32.9 Å². The van der Waals surface area contributed by atoms with Gasteiger partial charge in [0.15, 0.2) is 0 Å². The second-order valence-corrected chi connectivity index (χ2v) is 6.08. The van der Waals surface area contributed by atoms with Crippen LogP contribution >= 0.6 is 11.6 Å². The van der Waals surface area contributed by atoms with E-state index in [1.165, 1.54) is 0 Å². The van der Waals surface area contributed by atoms with E-state index in [1.807, 2.05) is 32.9 Å². The lowest BCUT2D eigenvalue weighted by atomic mass is 9.98. The molecule has 7 heteroatoms. The van der Waals surface area contributed by atoms with Gasteiger partial charge in [0, 0.05) is 27.9 Å². The zero-order valence-corrected chi connectivity index (χ0v) is 14.3. The van der Waals surface area contributed by atoms with Crippen LogP contribution < -0.4 is 5.32 Å². The molecule has 1 unspecified atom stereocenters. The normalized spacial score (nSPS) is 12.2. The zero-order valence-electron chi connectivity index (χ0n) is 13.6. The number of aromatic amines is 1. The first-order chi connectivity index (χ1) is 11.5. The third kappa shape index (κ3) is 3.19. The molecule has 124 valence electrons. The molecule has 0 bridgehead atoms. The van der Waals surface area contributed by atoms with E-state index in [2.05, 4.69) is 20.7 Å². The van der Waals surface area contributed by atoms with Gasteiger partial charge in [0.1, 0.15) is 5.69 Å². The number of amides is 1. The van der Waals surface area contributed by atoms with Gasteiger partial charge >= 0.3 is 0 Å². The first kappa shape index (κ1) is 16.3. The van der Waals surface area contributed by atoms with Crippen molar-refractivity contribution in [3.8, 4) is 11.3 Å². The number of nitrogens with zero attached hydrogens (tertiary/aromatic N) is 2. The third-order valence-corrected chi connectivity index (χ3v) is 4.12. The lowest BCUT2D eigenvalue weighted by Crippen LogP contribution is -2.19. The number of rotatable bonds is 4. The standard InChI is InChI=1S/C17H17ClN4O2/c1-9(16-10(2)20-21-11(16)3)17(23)19-15-8-14(22-24-15)12-5-4-6-13(18)7-12/h4-9H,1-3H3,(H,19,23)(H,20,21). The van der Waals surface area contributed by atoms with Gasteiger partial charge in [-0.25, -0.2) is 0 Å². The fourth-order valence-electron chi connectivity index (χ4n) is 2.68. The fraction of sp³-hybridized carbons (Fsp3) is 0.235. The van der Waals surface area contributed by atoms with E-state index in [0.717, 1.165) is 22.5 Å². The van der Waals surface area contributed by atoms with Crippen LogP contribution in [0.5, 0.6) is 0 Å². The summed E-state index contributed by atoms with van der Waals surface area (Å²) in [6.45, 7) is 5.59. The van der Waals surface area contributed by atoms with Crippen LogP contribution in [-0.4, -0.2) is 21.3 Å². The van der Waals surface area contributed by atoms with Gasteiger partial charge in [0.2, 0.25) is 11.8 Å². The van der Waals surface area contributed by atoms with Crippen LogP contribution in [0.2, 0.25) is 5.02 Å². The molecule has 6 nitrogen and oxygen atoms in total. The highest BCUT2D eigenvalue weighted by molar-refractivity contribution is 6.30. The van der Waals surface area contributed by atoms with E-state index in [0.29, 0.717) is 16.6 Å². The summed E-state index contributed by atoms with van der Waals surface area (Å²) in [6, 6.07) is 8.94. The van der Waals surface area contributed by atoms with Crippen LogP contribution in [0.1, 0.15) is 29.8 Å². The van der Waals surface area contributed by atoms with Crippen molar-refractivity contribution < 1.29 is 9.32 Å². The number of nitrogens with one attached hydrogen (secondary N) is 2. The summed E-state index contributed by atoms with van der Waals surface area (Å²) in [7, 11) is 0. The van der Waals surface area contributed by atoms with Gasteiger partial charge in [0.25, 0.3) is 0 Å². The largest absolute Gasteiger partial charge is 0.338 e. The fourth-order valence-corrected chi connectivity index (χ4v) is 2.87. The van der Waals surface area contributed by atoms with Crippen molar-refractivity contribution in [2.75, 3.05) is 5.32 Å². The van der Waals surface area contributed by atoms with Crippen molar-refractivity contribution in [1.82, 2.24) is 15.4 Å². The smallest absolute Gasteiger partial charge is 0.234 e. The van der Waals surface area contributed by atoms with Crippen molar-refractivity contribution >= 4 is 23.4 Å². The van der Waals surface area contributed by atoms with E-state index < -0.39 is 0 Å². The van der Waals surface area contributed by atoms with E-state index in [4.69, 9.17) is 16.1 Å².